The molecule has 26 heavy (non-hydrogen) atoms. The van der Waals surface area contributed by atoms with E-state index in [1.165, 1.54) is 19.2 Å². The van der Waals surface area contributed by atoms with Crippen molar-refractivity contribution in [2.45, 2.75) is 58.9 Å². The molecule has 6 heteroatoms. The van der Waals surface area contributed by atoms with Crippen LogP contribution in [0.2, 0.25) is 0 Å². The molecule has 2 fully saturated rings. The van der Waals surface area contributed by atoms with Crippen molar-refractivity contribution in [1.29, 1.82) is 0 Å². The number of rotatable bonds is 6. The van der Waals surface area contributed by atoms with E-state index in [0.29, 0.717) is 36.9 Å². The predicted molar refractivity (Wildman–Crippen MR) is 99.6 cm³/mol. The number of carbonyl (C=O) groups is 2. The van der Waals surface area contributed by atoms with Gasteiger partial charge >= 0.3 is 0 Å². The fourth-order valence-electron chi connectivity index (χ4n) is 3.69. The second-order valence-electron chi connectivity index (χ2n) is 7.94. The second kappa shape index (κ2) is 8.14. The lowest BCUT2D eigenvalue weighted by Gasteiger charge is -2.35. The molecular weight excluding hydrogens is 328 g/mol. The van der Waals surface area contributed by atoms with Crippen LogP contribution in [0.15, 0.2) is 12.5 Å². The molecule has 1 aliphatic heterocycles. The summed E-state index contributed by atoms with van der Waals surface area (Å²) in [5.74, 6) is 1.11. The van der Waals surface area contributed by atoms with Crippen molar-refractivity contribution in [3.8, 4) is 0 Å². The maximum atomic E-state index is 13.2. The van der Waals surface area contributed by atoms with Gasteiger partial charge in [0.2, 0.25) is 5.91 Å². The lowest BCUT2D eigenvalue weighted by atomic mass is 10.0. The van der Waals surface area contributed by atoms with Crippen LogP contribution in [-0.4, -0.2) is 57.3 Å². The van der Waals surface area contributed by atoms with E-state index in [4.69, 9.17) is 0 Å². The van der Waals surface area contributed by atoms with Crippen LogP contribution in [0, 0.1) is 11.8 Å². The summed E-state index contributed by atoms with van der Waals surface area (Å²) in [6.07, 6.45) is 7.66. The van der Waals surface area contributed by atoms with Gasteiger partial charge in [-0.2, -0.15) is 0 Å². The van der Waals surface area contributed by atoms with Crippen LogP contribution in [-0.2, 0) is 11.2 Å². The molecule has 6 nitrogen and oxygen atoms in total. The normalized spacial score (nSPS) is 21.2. The molecule has 1 atom stereocenters. The van der Waals surface area contributed by atoms with Gasteiger partial charge in [0.1, 0.15) is 6.33 Å². The molecule has 0 bridgehead atoms. The molecular formula is C20H30N4O2. The average molecular weight is 358 g/mol. The summed E-state index contributed by atoms with van der Waals surface area (Å²) in [6.45, 7) is 8.27. The van der Waals surface area contributed by atoms with Crippen molar-refractivity contribution in [1.82, 2.24) is 19.8 Å². The van der Waals surface area contributed by atoms with Gasteiger partial charge in [-0.25, -0.2) is 9.97 Å². The number of aromatic nitrogens is 2. The summed E-state index contributed by atoms with van der Waals surface area (Å²) in [7, 11) is 0. The molecule has 0 spiro atoms. The Labute approximate surface area is 156 Å². The lowest BCUT2D eigenvalue weighted by molar-refractivity contribution is -0.133. The molecule has 1 saturated carbocycles. The van der Waals surface area contributed by atoms with Crippen molar-refractivity contribution in [3.05, 3.63) is 23.8 Å². The molecule has 2 heterocycles. The third kappa shape index (κ3) is 4.22. The lowest BCUT2D eigenvalue weighted by Crippen LogP contribution is -2.48. The smallest absolute Gasteiger partial charge is 0.257 e. The van der Waals surface area contributed by atoms with Gasteiger partial charge in [-0.05, 0) is 31.1 Å². The number of hydrogen-bond acceptors (Lipinski definition) is 4. The highest BCUT2D eigenvalue weighted by Gasteiger charge is 2.37. The van der Waals surface area contributed by atoms with Crippen molar-refractivity contribution >= 4 is 11.8 Å². The highest BCUT2D eigenvalue weighted by molar-refractivity contribution is 5.95. The minimum Gasteiger partial charge on any atom is -0.337 e. The molecule has 3 rings (SSSR count). The predicted octanol–water partition coefficient (Wildman–Crippen LogP) is 2.54. The first kappa shape index (κ1) is 18.8. The van der Waals surface area contributed by atoms with Crippen molar-refractivity contribution in [2.75, 3.05) is 19.6 Å². The van der Waals surface area contributed by atoms with E-state index in [9.17, 15) is 9.59 Å². The number of carbonyl (C=O) groups excluding carboxylic acids is 2. The standard InChI is InChI=1S/C20H30N4O2/c1-4-5-17-16(10-21-13-22-17)20(26)23-9-8-19(25)24(11-15-6-7-15)18(12-23)14(2)3/h10,13-15,18H,4-9,11-12H2,1-3H3. The molecule has 2 aliphatic rings. The molecule has 1 aromatic heterocycles. The first-order chi connectivity index (χ1) is 12.5. The average Bonchev–Trinajstić information content (AvgIpc) is 3.45. The van der Waals surface area contributed by atoms with Gasteiger partial charge in [-0.15, -0.1) is 0 Å². The van der Waals surface area contributed by atoms with Crippen LogP contribution in [0.4, 0.5) is 0 Å². The van der Waals surface area contributed by atoms with Gasteiger partial charge in [-0.3, -0.25) is 9.59 Å². The van der Waals surface area contributed by atoms with Crippen LogP contribution in [0.5, 0.6) is 0 Å². The minimum absolute atomic E-state index is 0.0410. The van der Waals surface area contributed by atoms with Crippen LogP contribution >= 0.6 is 0 Å². The largest absolute Gasteiger partial charge is 0.337 e. The SMILES string of the molecule is CCCc1ncncc1C(=O)N1CCC(=O)N(CC2CC2)C(C(C)C)C1. The molecule has 0 N–H and O–H groups in total. The summed E-state index contributed by atoms with van der Waals surface area (Å²) in [4.78, 5) is 38.2. The van der Waals surface area contributed by atoms with E-state index in [1.54, 1.807) is 6.20 Å². The Morgan fingerprint density at radius 1 is 1.35 bits per heavy atom. The van der Waals surface area contributed by atoms with Gasteiger partial charge in [-0.1, -0.05) is 27.2 Å². The van der Waals surface area contributed by atoms with E-state index in [1.807, 2.05) is 9.80 Å². The zero-order chi connectivity index (χ0) is 18.7. The Bertz CT molecular complexity index is 657. The fourth-order valence-corrected chi connectivity index (χ4v) is 3.69. The first-order valence-corrected chi connectivity index (χ1v) is 9.88. The van der Waals surface area contributed by atoms with Gasteiger partial charge < -0.3 is 9.80 Å². The summed E-state index contributed by atoms with van der Waals surface area (Å²) in [5.41, 5.74) is 1.39. The minimum atomic E-state index is -0.0410. The zero-order valence-electron chi connectivity index (χ0n) is 16.1. The third-order valence-corrected chi connectivity index (χ3v) is 5.44. The molecule has 2 amide bonds. The van der Waals surface area contributed by atoms with Crippen LogP contribution in [0.25, 0.3) is 0 Å². The topological polar surface area (TPSA) is 66.4 Å². The Kier molecular flexibility index (Phi) is 5.89. The van der Waals surface area contributed by atoms with Gasteiger partial charge in [0, 0.05) is 32.3 Å². The highest BCUT2D eigenvalue weighted by Crippen LogP contribution is 2.32. The highest BCUT2D eigenvalue weighted by atomic mass is 16.2. The number of aryl methyl sites for hydroxylation is 1. The van der Waals surface area contributed by atoms with Crippen molar-refractivity contribution in [3.63, 3.8) is 0 Å². The van der Waals surface area contributed by atoms with E-state index in [0.717, 1.165) is 25.1 Å². The molecule has 1 aliphatic carbocycles. The van der Waals surface area contributed by atoms with E-state index in [-0.39, 0.29) is 17.9 Å². The molecule has 1 aromatic rings. The maximum absolute atomic E-state index is 13.2. The molecule has 1 unspecified atom stereocenters. The monoisotopic (exact) mass is 358 g/mol. The maximum Gasteiger partial charge on any atom is 0.257 e. The summed E-state index contributed by atoms with van der Waals surface area (Å²) in [6, 6.07) is 0.0776. The van der Waals surface area contributed by atoms with Gasteiger partial charge in [0.15, 0.2) is 0 Å². The molecule has 0 radical (unpaired) electrons. The van der Waals surface area contributed by atoms with Crippen LogP contribution < -0.4 is 0 Å². The van der Waals surface area contributed by atoms with Gasteiger partial charge in [0.05, 0.1) is 17.3 Å². The Morgan fingerprint density at radius 3 is 2.77 bits per heavy atom. The van der Waals surface area contributed by atoms with E-state index in [2.05, 4.69) is 30.7 Å². The van der Waals surface area contributed by atoms with Crippen LogP contribution in [0.3, 0.4) is 0 Å². The third-order valence-electron chi connectivity index (χ3n) is 5.44. The molecule has 0 aromatic carbocycles. The van der Waals surface area contributed by atoms with E-state index < -0.39 is 0 Å². The van der Waals surface area contributed by atoms with Crippen LogP contribution in [0.1, 0.15) is 62.5 Å². The van der Waals surface area contributed by atoms with Crippen molar-refractivity contribution < 1.29 is 9.59 Å². The molecule has 142 valence electrons. The Morgan fingerprint density at radius 2 is 2.12 bits per heavy atom. The first-order valence-electron chi connectivity index (χ1n) is 9.88. The van der Waals surface area contributed by atoms with Gasteiger partial charge in [0.25, 0.3) is 5.91 Å². The Balaban J connectivity index is 1.81. The van der Waals surface area contributed by atoms with Crippen molar-refractivity contribution in [2.24, 2.45) is 11.8 Å². The quantitative estimate of drug-likeness (QED) is 0.784. The Hall–Kier alpha value is -1.98. The number of hydrogen-bond donors (Lipinski definition) is 0. The molecule has 1 saturated heterocycles. The summed E-state index contributed by atoms with van der Waals surface area (Å²) < 4.78 is 0. The zero-order valence-corrected chi connectivity index (χ0v) is 16.1. The number of nitrogens with zero attached hydrogens (tertiary/aromatic N) is 4. The fraction of sp³-hybridized carbons (Fsp3) is 0.700. The van der Waals surface area contributed by atoms with E-state index >= 15 is 0 Å². The summed E-state index contributed by atoms with van der Waals surface area (Å²) >= 11 is 0. The summed E-state index contributed by atoms with van der Waals surface area (Å²) in [5, 5.41) is 0. The second-order valence-corrected chi connectivity index (χ2v) is 7.94. The number of amides is 2.